The topological polar surface area (TPSA) is 67.7 Å². The van der Waals surface area contributed by atoms with Gasteiger partial charge in [0.05, 0.1) is 24.4 Å². The summed E-state index contributed by atoms with van der Waals surface area (Å²) in [5.41, 5.74) is 3.93. The molecule has 3 fully saturated rings. The van der Waals surface area contributed by atoms with Gasteiger partial charge in [-0.2, -0.15) is 0 Å². The van der Waals surface area contributed by atoms with Crippen molar-refractivity contribution in [3.8, 4) is 0 Å². The second-order valence-corrected chi connectivity index (χ2v) is 9.99. The Labute approximate surface area is 179 Å². The molecule has 3 saturated heterocycles. The van der Waals surface area contributed by atoms with Crippen LogP contribution in [0.4, 0.5) is 0 Å². The van der Waals surface area contributed by atoms with Crippen LogP contribution in [0.2, 0.25) is 0 Å². The maximum Gasteiger partial charge on any atom is 0.251 e. The molecule has 6 heterocycles. The molecular formula is C22H26N4O3S. The minimum Gasteiger partial charge on any atom is -0.381 e. The van der Waals surface area contributed by atoms with Gasteiger partial charge in [-0.25, -0.2) is 4.98 Å². The quantitative estimate of drug-likeness (QED) is 0.745. The summed E-state index contributed by atoms with van der Waals surface area (Å²) in [4.78, 5) is 35.5. The van der Waals surface area contributed by atoms with Gasteiger partial charge in [-0.05, 0) is 12.5 Å². The smallest absolute Gasteiger partial charge is 0.251 e. The number of ether oxygens (including phenoxy) is 1. The third-order valence-corrected chi connectivity index (χ3v) is 8.03. The summed E-state index contributed by atoms with van der Waals surface area (Å²) in [6, 6.07) is 5.08. The molecule has 0 spiro atoms. The standard InChI is InChI=1S/C22H26N4O3S/c27-20-3-1-2-19-14-4-15(6-24(5-14)9-18-12-30-13-23-18)21(26(19)20)22(28)25-7-16-10-29-11-17(16)8-25/h1-3,12-17,21H,4-11H2/t14-,15+,16-,17+,21-/m1/s1. The Hall–Kier alpha value is -2.03. The highest BCUT2D eigenvalue weighted by molar-refractivity contribution is 7.07. The second kappa shape index (κ2) is 7.28. The highest BCUT2D eigenvalue weighted by Crippen LogP contribution is 2.43. The fourth-order valence-corrected chi connectivity index (χ4v) is 6.62. The fraction of sp³-hybridized carbons (Fsp3) is 0.591. The number of fused-ring (bicyclic) bond motifs is 5. The predicted octanol–water partition coefficient (Wildman–Crippen LogP) is 1.57. The number of rotatable bonds is 3. The van der Waals surface area contributed by atoms with E-state index < -0.39 is 6.04 Å². The van der Waals surface area contributed by atoms with E-state index in [-0.39, 0.29) is 23.3 Å². The lowest BCUT2D eigenvalue weighted by molar-refractivity contribution is -0.138. The molecule has 30 heavy (non-hydrogen) atoms. The Balaban J connectivity index is 1.33. The number of nitrogens with zero attached hydrogens (tertiary/aromatic N) is 4. The van der Waals surface area contributed by atoms with Crippen LogP contribution in [0.3, 0.4) is 0 Å². The van der Waals surface area contributed by atoms with Crippen LogP contribution in [0.1, 0.15) is 29.8 Å². The zero-order valence-corrected chi connectivity index (χ0v) is 17.7. The van der Waals surface area contributed by atoms with E-state index >= 15 is 0 Å². The number of aromatic nitrogens is 2. The monoisotopic (exact) mass is 426 g/mol. The molecule has 0 N–H and O–H groups in total. The zero-order valence-electron chi connectivity index (χ0n) is 16.9. The van der Waals surface area contributed by atoms with E-state index in [1.807, 2.05) is 27.1 Å². The van der Waals surface area contributed by atoms with Crippen molar-refractivity contribution in [2.45, 2.75) is 24.9 Å². The average molecular weight is 427 g/mol. The normalized spacial score (nSPS) is 32.8. The van der Waals surface area contributed by atoms with Crippen LogP contribution in [-0.4, -0.2) is 64.7 Å². The van der Waals surface area contributed by atoms with E-state index in [2.05, 4.69) is 15.3 Å². The number of thiazole rings is 1. The Morgan fingerprint density at radius 3 is 2.73 bits per heavy atom. The molecule has 2 aromatic heterocycles. The van der Waals surface area contributed by atoms with Crippen molar-refractivity contribution in [3.63, 3.8) is 0 Å². The maximum absolute atomic E-state index is 13.8. The molecule has 8 heteroatoms. The number of carbonyl (C=O) groups excluding carboxylic acids is 1. The van der Waals surface area contributed by atoms with E-state index in [4.69, 9.17) is 4.74 Å². The Bertz CT molecular complexity index is 994. The average Bonchev–Trinajstić information content (AvgIpc) is 3.46. The minimum atomic E-state index is -0.400. The molecule has 158 valence electrons. The molecule has 4 aliphatic heterocycles. The Morgan fingerprint density at radius 2 is 1.97 bits per heavy atom. The summed E-state index contributed by atoms with van der Waals surface area (Å²) >= 11 is 1.62. The van der Waals surface area contributed by atoms with Crippen LogP contribution in [0.25, 0.3) is 0 Å². The third-order valence-electron chi connectivity index (χ3n) is 7.40. The highest BCUT2D eigenvalue weighted by atomic mass is 32.1. The van der Waals surface area contributed by atoms with Crippen LogP contribution in [0, 0.1) is 17.8 Å². The molecule has 2 bridgehead atoms. The summed E-state index contributed by atoms with van der Waals surface area (Å²) in [6.07, 6.45) is 0.969. The molecule has 0 saturated carbocycles. The van der Waals surface area contributed by atoms with Crippen LogP contribution < -0.4 is 5.56 Å². The summed E-state index contributed by atoms with van der Waals surface area (Å²) in [5.74, 6) is 1.46. The van der Waals surface area contributed by atoms with Gasteiger partial charge in [0.2, 0.25) is 5.91 Å². The largest absolute Gasteiger partial charge is 0.381 e. The third kappa shape index (κ3) is 3.04. The summed E-state index contributed by atoms with van der Waals surface area (Å²) in [6.45, 7) is 5.56. The minimum absolute atomic E-state index is 0.0452. The molecule has 0 unspecified atom stereocenters. The van der Waals surface area contributed by atoms with Crippen molar-refractivity contribution < 1.29 is 9.53 Å². The maximum atomic E-state index is 13.8. The molecule has 1 amide bonds. The molecule has 4 aliphatic rings. The van der Waals surface area contributed by atoms with Gasteiger partial charge in [0.15, 0.2) is 0 Å². The van der Waals surface area contributed by atoms with Crippen molar-refractivity contribution >= 4 is 17.2 Å². The van der Waals surface area contributed by atoms with Crippen LogP contribution in [-0.2, 0) is 16.1 Å². The number of pyridine rings is 1. The van der Waals surface area contributed by atoms with E-state index in [0.717, 1.165) is 63.7 Å². The van der Waals surface area contributed by atoms with Gasteiger partial charge >= 0.3 is 0 Å². The van der Waals surface area contributed by atoms with E-state index in [0.29, 0.717) is 11.8 Å². The number of carbonyl (C=O) groups is 1. The lowest BCUT2D eigenvalue weighted by Gasteiger charge is -2.47. The van der Waals surface area contributed by atoms with Crippen molar-refractivity contribution in [2.75, 3.05) is 39.4 Å². The Kier molecular flexibility index (Phi) is 4.54. The first-order chi connectivity index (χ1) is 14.7. The lowest BCUT2D eigenvalue weighted by atomic mass is 9.78. The number of hydrogen-bond donors (Lipinski definition) is 0. The van der Waals surface area contributed by atoms with Gasteiger partial charge in [0, 0.05) is 73.5 Å². The summed E-state index contributed by atoms with van der Waals surface area (Å²) in [7, 11) is 0. The van der Waals surface area contributed by atoms with Gasteiger partial charge in [-0.3, -0.25) is 19.1 Å². The van der Waals surface area contributed by atoms with E-state index in [9.17, 15) is 9.59 Å². The first-order valence-corrected chi connectivity index (χ1v) is 11.8. The number of amides is 1. The SMILES string of the molecule is O=C([C@H]1[C@H]2C[C@H](CN(Cc3cscn3)C2)c2cccc(=O)n21)N1C[C@H]2COC[C@H]2C1. The first kappa shape index (κ1) is 18.7. The van der Waals surface area contributed by atoms with Gasteiger partial charge in [-0.15, -0.1) is 11.3 Å². The number of piperidine rings is 1. The van der Waals surface area contributed by atoms with Crippen molar-refractivity contribution in [2.24, 2.45) is 17.8 Å². The predicted molar refractivity (Wildman–Crippen MR) is 112 cm³/mol. The molecule has 0 radical (unpaired) electrons. The molecular weight excluding hydrogens is 400 g/mol. The van der Waals surface area contributed by atoms with Gasteiger partial charge in [0.1, 0.15) is 6.04 Å². The molecule has 5 atom stereocenters. The van der Waals surface area contributed by atoms with Crippen LogP contribution >= 0.6 is 11.3 Å². The van der Waals surface area contributed by atoms with E-state index in [1.165, 1.54) is 0 Å². The number of hydrogen-bond acceptors (Lipinski definition) is 6. The molecule has 7 nitrogen and oxygen atoms in total. The number of likely N-dealkylation sites (tertiary alicyclic amines) is 2. The zero-order chi connectivity index (χ0) is 20.2. The van der Waals surface area contributed by atoms with Gasteiger partial charge in [-0.1, -0.05) is 6.07 Å². The molecule has 6 rings (SSSR count). The fourth-order valence-electron chi connectivity index (χ4n) is 6.07. The molecule has 0 aromatic carbocycles. The molecule has 0 aliphatic carbocycles. The highest BCUT2D eigenvalue weighted by Gasteiger charge is 2.47. The van der Waals surface area contributed by atoms with Gasteiger partial charge < -0.3 is 9.64 Å². The summed E-state index contributed by atoms with van der Waals surface area (Å²) in [5, 5.41) is 2.09. The summed E-state index contributed by atoms with van der Waals surface area (Å²) < 4.78 is 7.41. The second-order valence-electron chi connectivity index (χ2n) is 9.27. The van der Waals surface area contributed by atoms with E-state index in [1.54, 1.807) is 17.4 Å². The van der Waals surface area contributed by atoms with Crippen LogP contribution in [0.15, 0.2) is 33.9 Å². The van der Waals surface area contributed by atoms with Crippen molar-refractivity contribution in [3.05, 3.63) is 50.8 Å². The van der Waals surface area contributed by atoms with Crippen molar-refractivity contribution in [1.29, 1.82) is 0 Å². The van der Waals surface area contributed by atoms with Crippen molar-refractivity contribution in [1.82, 2.24) is 19.4 Å². The Morgan fingerprint density at radius 1 is 1.13 bits per heavy atom. The first-order valence-electron chi connectivity index (χ1n) is 10.8. The van der Waals surface area contributed by atoms with Crippen LogP contribution in [0.5, 0.6) is 0 Å². The lowest BCUT2D eigenvalue weighted by Crippen LogP contribution is -2.53. The molecule has 2 aromatic rings. The van der Waals surface area contributed by atoms with Gasteiger partial charge in [0.25, 0.3) is 5.56 Å².